The first-order valence-corrected chi connectivity index (χ1v) is 8.13. The van der Waals surface area contributed by atoms with Crippen LogP contribution in [0.5, 0.6) is 5.75 Å². The lowest BCUT2D eigenvalue weighted by Gasteiger charge is -2.08. The van der Waals surface area contributed by atoms with E-state index in [4.69, 9.17) is 26.0 Å². The lowest BCUT2D eigenvalue weighted by Crippen LogP contribution is -2.14. The molecule has 1 fully saturated rings. The number of hydrogen-bond acceptors (Lipinski definition) is 6. The second-order valence-corrected chi connectivity index (χ2v) is 6.71. The molecule has 3 rings (SSSR count). The van der Waals surface area contributed by atoms with Crippen LogP contribution in [0.1, 0.15) is 30.5 Å². The van der Waals surface area contributed by atoms with Crippen LogP contribution in [0.2, 0.25) is 5.02 Å². The lowest BCUT2D eigenvalue weighted by molar-refractivity contribution is 0.278. The number of nitrogens with zero attached hydrogens (tertiary/aromatic N) is 2. The quantitative estimate of drug-likeness (QED) is 0.896. The van der Waals surface area contributed by atoms with Crippen molar-refractivity contribution >= 4 is 21.6 Å². The third-order valence-electron chi connectivity index (χ3n) is 2.98. The van der Waals surface area contributed by atoms with Crippen LogP contribution in [-0.2, 0) is 16.6 Å². The van der Waals surface area contributed by atoms with Crippen molar-refractivity contribution < 1.29 is 17.7 Å². The zero-order valence-corrected chi connectivity index (χ0v) is 12.4. The van der Waals surface area contributed by atoms with Crippen LogP contribution in [0.15, 0.2) is 27.6 Å². The molecule has 0 spiro atoms. The Morgan fingerprint density at radius 3 is 2.86 bits per heavy atom. The van der Waals surface area contributed by atoms with Gasteiger partial charge < -0.3 is 9.26 Å². The Morgan fingerprint density at radius 1 is 1.43 bits per heavy atom. The van der Waals surface area contributed by atoms with Gasteiger partial charge in [0.1, 0.15) is 10.6 Å². The highest BCUT2D eigenvalue weighted by Gasteiger charge is 2.29. The summed E-state index contributed by atoms with van der Waals surface area (Å²) in [7, 11) is -3.93. The highest BCUT2D eigenvalue weighted by molar-refractivity contribution is 7.89. The molecule has 1 aliphatic carbocycles. The van der Waals surface area contributed by atoms with Crippen LogP contribution < -0.4 is 9.88 Å². The Hall–Kier alpha value is -1.64. The molecule has 1 heterocycles. The Morgan fingerprint density at radius 2 is 2.19 bits per heavy atom. The highest BCUT2D eigenvalue weighted by Crippen LogP contribution is 2.38. The zero-order chi connectivity index (χ0) is 15.0. The van der Waals surface area contributed by atoms with Crippen molar-refractivity contribution in [3.63, 3.8) is 0 Å². The second-order valence-electron chi connectivity index (χ2n) is 4.75. The Kier molecular flexibility index (Phi) is 3.60. The topological polar surface area (TPSA) is 108 Å². The monoisotopic (exact) mass is 329 g/mol. The first-order chi connectivity index (χ1) is 9.93. The highest BCUT2D eigenvalue weighted by atomic mass is 35.5. The fraction of sp³-hybridized carbons (Fsp3) is 0.333. The van der Waals surface area contributed by atoms with E-state index in [1.807, 2.05) is 0 Å². The van der Waals surface area contributed by atoms with Gasteiger partial charge in [0.15, 0.2) is 6.61 Å². The molecule has 9 heteroatoms. The second kappa shape index (κ2) is 5.28. The van der Waals surface area contributed by atoms with E-state index in [0.29, 0.717) is 17.6 Å². The number of halogens is 1. The molecular formula is C12H12ClN3O4S. The largest absolute Gasteiger partial charge is 0.484 e. The number of nitrogens with two attached hydrogens (primary N) is 1. The van der Waals surface area contributed by atoms with Crippen molar-refractivity contribution in [2.24, 2.45) is 5.14 Å². The predicted octanol–water partition coefficient (Wildman–Crippen LogP) is 1.83. The smallest absolute Gasteiger partial charge is 0.241 e. The van der Waals surface area contributed by atoms with Crippen LogP contribution >= 0.6 is 11.6 Å². The molecule has 0 amide bonds. The number of aromatic nitrogens is 2. The average molecular weight is 330 g/mol. The third kappa shape index (κ3) is 3.34. The summed E-state index contributed by atoms with van der Waals surface area (Å²) >= 11 is 5.77. The van der Waals surface area contributed by atoms with Crippen LogP contribution in [0.25, 0.3) is 0 Å². The van der Waals surface area contributed by atoms with Crippen molar-refractivity contribution in [1.29, 1.82) is 0 Å². The number of primary sulfonamides is 1. The average Bonchev–Trinajstić information content (AvgIpc) is 3.16. The molecule has 0 saturated heterocycles. The summed E-state index contributed by atoms with van der Waals surface area (Å²) in [5.74, 6) is 1.39. The summed E-state index contributed by atoms with van der Waals surface area (Å²) in [6.07, 6.45) is 2.10. The minimum atomic E-state index is -3.93. The van der Waals surface area contributed by atoms with E-state index in [1.165, 1.54) is 18.2 Å². The Labute approximate surface area is 126 Å². The molecule has 112 valence electrons. The van der Waals surface area contributed by atoms with Crippen molar-refractivity contribution in [1.82, 2.24) is 10.1 Å². The maximum Gasteiger partial charge on any atom is 0.241 e. The molecule has 0 radical (unpaired) electrons. The van der Waals surface area contributed by atoms with Gasteiger partial charge in [-0.25, -0.2) is 13.6 Å². The molecule has 21 heavy (non-hydrogen) atoms. The van der Waals surface area contributed by atoms with Gasteiger partial charge in [-0.1, -0.05) is 16.8 Å². The summed E-state index contributed by atoms with van der Waals surface area (Å²) in [6.45, 7) is -0.0135. The van der Waals surface area contributed by atoms with E-state index < -0.39 is 10.0 Å². The molecule has 0 bridgehead atoms. The van der Waals surface area contributed by atoms with Crippen molar-refractivity contribution in [3.8, 4) is 5.75 Å². The molecule has 1 saturated carbocycles. The first-order valence-electron chi connectivity index (χ1n) is 6.21. The summed E-state index contributed by atoms with van der Waals surface area (Å²) in [5, 5.41) is 9.17. The van der Waals surface area contributed by atoms with Crippen LogP contribution in [0.3, 0.4) is 0 Å². The van der Waals surface area contributed by atoms with Gasteiger partial charge in [0, 0.05) is 10.9 Å². The number of rotatable bonds is 5. The fourth-order valence-electron chi connectivity index (χ4n) is 1.79. The van der Waals surface area contributed by atoms with E-state index in [9.17, 15) is 8.42 Å². The maximum absolute atomic E-state index is 11.5. The molecule has 7 nitrogen and oxygen atoms in total. The standard InChI is InChI=1S/C12H12ClN3O4S/c13-8-3-4-9(10(5-8)21(14,17)18)19-6-11-15-12(20-16-11)7-1-2-7/h3-5,7H,1-2,6H2,(H2,14,17,18). The molecule has 2 N–H and O–H groups in total. The van der Waals surface area contributed by atoms with Crippen molar-refractivity contribution in [2.75, 3.05) is 0 Å². The first kappa shape index (κ1) is 14.3. The third-order valence-corrected chi connectivity index (χ3v) is 4.15. The molecular weight excluding hydrogens is 318 g/mol. The fourth-order valence-corrected chi connectivity index (χ4v) is 2.72. The minimum Gasteiger partial charge on any atom is -0.484 e. The van der Waals surface area contributed by atoms with Gasteiger partial charge in [-0.3, -0.25) is 0 Å². The molecule has 0 unspecified atom stereocenters. The van der Waals surface area contributed by atoms with Gasteiger partial charge >= 0.3 is 0 Å². The Bertz CT molecular complexity index is 771. The molecule has 0 atom stereocenters. The van der Waals surface area contributed by atoms with E-state index in [2.05, 4.69) is 10.1 Å². The summed E-state index contributed by atoms with van der Waals surface area (Å²) in [6, 6.07) is 4.18. The van der Waals surface area contributed by atoms with Gasteiger partial charge in [-0.15, -0.1) is 0 Å². The minimum absolute atomic E-state index is 0.0135. The van der Waals surface area contributed by atoms with E-state index >= 15 is 0 Å². The molecule has 0 aliphatic heterocycles. The van der Waals surface area contributed by atoms with Gasteiger partial charge in [-0.2, -0.15) is 4.98 Å². The summed E-state index contributed by atoms with van der Waals surface area (Å²) < 4.78 is 33.5. The molecule has 1 aromatic carbocycles. The van der Waals surface area contributed by atoms with Gasteiger partial charge in [0.05, 0.1) is 0 Å². The Balaban J connectivity index is 1.77. The van der Waals surface area contributed by atoms with Crippen LogP contribution in [0, 0.1) is 0 Å². The van der Waals surface area contributed by atoms with E-state index in [0.717, 1.165) is 12.8 Å². The normalized spacial score (nSPS) is 15.1. The molecule has 2 aromatic rings. The van der Waals surface area contributed by atoms with Gasteiger partial charge in [0.25, 0.3) is 0 Å². The van der Waals surface area contributed by atoms with Crippen molar-refractivity contribution in [3.05, 3.63) is 34.9 Å². The van der Waals surface area contributed by atoms with E-state index in [1.54, 1.807) is 0 Å². The zero-order valence-electron chi connectivity index (χ0n) is 10.8. The number of ether oxygens (including phenoxy) is 1. The number of hydrogen-bond donors (Lipinski definition) is 1. The van der Waals surface area contributed by atoms with Gasteiger partial charge in [0.2, 0.25) is 21.7 Å². The predicted molar refractivity (Wildman–Crippen MR) is 73.4 cm³/mol. The van der Waals surface area contributed by atoms with E-state index in [-0.39, 0.29) is 22.3 Å². The lowest BCUT2D eigenvalue weighted by atomic mass is 10.3. The van der Waals surface area contributed by atoms with Crippen LogP contribution in [-0.4, -0.2) is 18.6 Å². The summed E-state index contributed by atoms with van der Waals surface area (Å²) in [5.41, 5.74) is 0. The van der Waals surface area contributed by atoms with Crippen LogP contribution in [0.4, 0.5) is 0 Å². The SMILES string of the molecule is NS(=O)(=O)c1cc(Cl)ccc1OCc1noc(C2CC2)n1. The van der Waals surface area contributed by atoms with Gasteiger partial charge in [-0.05, 0) is 31.0 Å². The maximum atomic E-state index is 11.5. The summed E-state index contributed by atoms with van der Waals surface area (Å²) in [4.78, 5) is 4.01. The number of sulfonamides is 1. The number of benzene rings is 1. The van der Waals surface area contributed by atoms with Crippen molar-refractivity contribution in [2.45, 2.75) is 30.3 Å². The molecule has 1 aromatic heterocycles. The molecule has 1 aliphatic rings.